The zero-order valence-electron chi connectivity index (χ0n) is 14.7. The molecule has 0 atom stereocenters. The molecule has 0 radical (unpaired) electrons. The topological polar surface area (TPSA) is 54.5 Å². The number of carbonyl (C=O) groups is 1. The highest BCUT2D eigenvalue weighted by atomic mass is 32.2. The molecular weight excluding hydrogens is 322 g/mol. The predicted octanol–water partition coefficient (Wildman–Crippen LogP) is 3.45. The minimum atomic E-state index is -3.32. The van der Waals surface area contributed by atoms with Gasteiger partial charge in [0.25, 0.3) is 5.91 Å². The Labute approximate surface area is 145 Å². The van der Waals surface area contributed by atoms with Gasteiger partial charge in [0, 0.05) is 24.9 Å². The van der Waals surface area contributed by atoms with E-state index in [9.17, 15) is 13.2 Å². The molecule has 1 aliphatic heterocycles. The molecule has 24 heavy (non-hydrogen) atoms. The average Bonchev–Trinajstić information content (AvgIpc) is 3.01. The summed E-state index contributed by atoms with van der Waals surface area (Å²) >= 11 is 0. The van der Waals surface area contributed by atoms with E-state index >= 15 is 0 Å². The van der Waals surface area contributed by atoms with E-state index in [1.165, 1.54) is 31.9 Å². The molecule has 1 amide bonds. The number of benzene rings is 1. The number of piperidine rings is 1. The third kappa shape index (κ3) is 3.37. The van der Waals surface area contributed by atoms with Gasteiger partial charge in [-0.25, -0.2) is 8.42 Å². The minimum Gasteiger partial charge on any atom is -0.339 e. The molecule has 1 aromatic rings. The first-order valence-electron chi connectivity index (χ1n) is 8.97. The average molecular weight is 349 g/mol. The van der Waals surface area contributed by atoms with Gasteiger partial charge in [0.15, 0.2) is 9.84 Å². The monoisotopic (exact) mass is 349 g/mol. The maximum absolute atomic E-state index is 12.8. The Balaban J connectivity index is 1.78. The lowest BCUT2D eigenvalue weighted by Gasteiger charge is -2.39. The van der Waals surface area contributed by atoms with Gasteiger partial charge in [-0.05, 0) is 55.2 Å². The van der Waals surface area contributed by atoms with Gasteiger partial charge in [0.1, 0.15) is 0 Å². The molecule has 2 fully saturated rings. The smallest absolute Gasteiger partial charge is 0.253 e. The van der Waals surface area contributed by atoms with Gasteiger partial charge in [0.05, 0.1) is 4.90 Å². The Morgan fingerprint density at radius 2 is 1.75 bits per heavy atom. The molecule has 1 saturated carbocycles. The fraction of sp³-hybridized carbons (Fsp3) is 0.632. The molecule has 0 bridgehead atoms. The minimum absolute atomic E-state index is 0.0320. The van der Waals surface area contributed by atoms with Crippen molar-refractivity contribution in [3.05, 3.63) is 29.3 Å². The number of hydrogen-bond donors (Lipinski definition) is 0. The lowest BCUT2D eigenvalue weighted by atomic mass is 9.77. The van der Waals surface area contributed by atoms with E-state index in [2.05, 4.69) is 0 Å². The van der Waals surface area contributed by atoms with Crippen LogP contribution in [-0.2, 0) is 16.3 Å². The first-order chi connectivity index (χ1) is 11.3. The van der Waals surface area contributed by atoms with Crippen LogP contribution < -0.4 is 0 Å². The fourth-order valence-corrected chi connectivity index (χ4v) is 5.35. The fourth-order valence-electron chi connectivity index (χ4n) is 4.32. The third-order valence-corrected chi connectivity index (χ3v) is 7.05. The van der Waals surface area contributed by atoms with Crippen LogP contribution in [-0.4, -0.2) is 38.6 Å². The van der Waals surface area contributed by atoms with Crippen LogP contribution in [0.5, 0.6) is 0 Å². The first-order valence-corrected chi connectivity index (χ1v) is 10.9. The molecule has 0 unspecified atom stereocenters. The summed E-state index contributed by atoms with van der Waals surface area (Å²) in [5.41, 5.74) is 1.74. The van der Waals surface area contributed by atoms with Crippen molar-refractivity contribution in [3.8, 4) is 0 Å². The number of aryl methyl sites for hydroxylation is 1. The number of likely N-dealkylation sites (tertiary alicyclic amines) is 1. The SMILES string of the molecule is CCc1ccc(C(=O)N2CCC3(CCCC3)CC2)cc1S(C)(=O)=O. The van der Waals surface area contributed by atoms with Gasteiger partial charge >= 0.3 is 0 Å². The van der Waals surface area contributed by atoms with E-state index < -0.39 is 9.84 Å². The Hall–Kier alpha value is -1.36. The lowest BCUT2D eigenvalue weighted by Crippen LogP contribution is -2.42. The van der Waals surface area contributed by atoms with Crippen LogP contribution in [0.2, 0.25) is 0 Å². The molecule has 132 valence electrons. The van der Waals surface area contributed by atoms with Gasteiger partial charge in [-0.1, -0.05) is 25.8 Å². The Bertz CT molecular complexity index is 723. The molecule has 2 aliphatic rings. The summed E-state index contributed by atoms with van der Waals surface area (Å²) in [6.07, 6.45) is 9.28. The van der Waals surface area contributed by atoms with Crippen molar-refractivity contribution < 1.29 is 13.2 Å². The molecule has 1 aliphatic carbocycles. The molecule has 1 heterocycles. The summed E-state index contributed by atoms with van der Waals surface area (Å²) in [6, 6.07) is 5.12. The molecule has 0 aromatic heterocycles. The highest BCUT2D eigenvalue weighted by molar-refractivity contribution is 7.90. The summed E-state index contributed by atoms with van der Waals surface area (Å²) in [5, 5.41) is 0. The van der Waals surface area contributed by atoms with Crippen LogP contribution in [0.15, 0.2) is 23.1 Å². The zero-order valence-corrected chi connectivity index (χ0v) is 15.5. The summed E-state index contributed by atoms with van der Waals surface area (Å²) in [6.45, 7) is 3.52. The van der Waals surface area contributed by atoms with Crippen molar-refractivity contribution in [1.29, 1.82) is 0 Å². The second-order valence-corrected chi connectivity index (χ2v) is 9.43. The van der Waals surface area contributed by atoms with Crippen molar-refractivity contribution in [1.82, 2.24) is 4.90 Å². The number of nitrogens with zero attached hydrogens (tertiary/aromatic N) is 1. The van der Waals surface area contributed by atoms with Crippen LogP contribution in [0.3, 0.4) is 0 Å². The predicted molar refractivity (Wildman–Crippen MR) is 95.0 cm³/mol. The lowest BCUT2D eigenvalue weighted by molar-refractivity contribution is 0.0587. The van der Waals surface area contributed by atoms with E-state index in [4.69, 9.17) is 0 Å². The normalized spacial score (nSPS) is 20.5. The first kappa shape index (κ1) is 17.5. The maximum atomic E-state index is 12.8. The van der Waals surface area contributed by atoms with Crippen LogP contribution >= 0.6 is 0 Å². The standard InChI is InChI=1S/C19H27NO3S/c1-3-15-6-7-16(14-17(15)24(2,22)23)18(21)20-12-10-19(11-13-20)8-4-5-9-19/h6-7,14H,3-5,8-13H2,1-2H3. The second kappa shape index (κ2) is 6.51. The largest absolute Gasteiger partial charge is 0.339 e. The number of rotatable bonds is 3. The zero-order chi connectivity index (χ0) is 17.4. The van der Waals surface area contributed by atoms with E-state index in [1.807, 2.05) is 11.8 Å². The van der Waals surface area contributed by atoms with Crippen LogP contribution in [0.4, 0.5) is 0 Å². The van der Waals surface area contributed by atoms with E-state index in [0.717, 1.165) is 31.5 Å². The molecule has 3 rings (SSSR count). The number of sulfone groups is 1. The molecule has 1 spiro atoms. The summed E-state index contributed by atoms with van der Waals surface area (Å²) in [4.78, 5) is 15.0. The van der Waals surface area contributed by atoms with E-state index in [-0.39, 0.29) is 5.91 Å². The summed E-state index contributed by atoms with van der Waals surface area (Å²) < 4.78 is 24.0. The van der Waals surface area contributed by atoms with Crippen LogP contribution in [0.25, 0.3) is 0 Å². The Morgan fingerprint density at radius 1 is 1.12 bits per heavy atom. The molecule has 1 saturated heterocycles. The Kier molecular flexibility index (Phi) is 4.73. The van der Waals surface area contributed by atoms with E-state index in [0.29, 0.717) is 22.3 Å². The second-order valence-electron chi connectivity index (χ2n) is 7.45. The van der Waals surface area contributed by atoms with Crippen molar-refractivity contribution in [2.45, 2.75) is 56.8 Å². The maximum Gasteiger partial charge on any atom is 0.253 e. The van der Waals surface area contributed by atoms with Crippen molar-refractivity contribution in [2.24, 2.45) is 5.41 Å². The highest BCUT2D eigenvalue weighted by Gasteiger charge is 2.38. The number of hydrogen-bond acceptors (Lipinski definition) is 3. The van der Waals surface area contributed by atoms with Crippen molar-refractivity contribution in [2.75, 3.05) is 19.3 Å². The molecule has 0 N–H and O–H groups in total. The molecular formula is C19H27NO3S. The van der Waals surface area contributed by atoms with Gasteiger partial charge in [0.2, 0.25) is 0 Å². The molecule has 4 nitrogen and oxygen atoms in total. The van der Waals surface area contributed by atoms with E-state index in [1.54, 1.807) is 18.2 Å². The van der Waals surface area contributed by atoms with Crippen LogP contribution in [0, 0.1) is 5.41 Å². The molecule has 5 heteroatoms. The highest BCUT2D eigenvalue weighted by Crippen LogP contribution is 2.46. The third-order valence-electron chi connectivity index (χ3n) is 5.87. The number of amides is 1. The van der Waals surface area contributed by atoms with Gasteiger partial charge in [-0.3, -0.25) is 4.79 Å². The summed E-state index contributed by atoms with van der Waals surface area (Å²) in [5.74, 6) is -0.0320. The quantitative estimate of drug-likeness (QED) is 0.840. The van der Waals surface area contributed by atoms with Gasteiger partial charge < -0.3 is 4.90 Å². The summed E-state index contributed by atoms with van der Waals surface area (Å²) in [7, 11) is -3.32. The molecule has 1 aromatic carbocycles. The van der Waals surface area contributed by atoms with Gasteiger partial charge in [-0.15, -0.1) is 0 Å². The van der Waals surface area contributed by atoms with Crippen LogP contribution in [0.1, 0.15) is 61.4 Å². The number of carbonyl (C=O) groups excluding carboxylic acids is 1. The van der Waals surface area contributed by atoms with Gasteiger partial charge in [-0.2, -0.15) is 0 Å². The van der Waals surface area contributed by atoms with Crippen molar-refractivity contribution >= 4 is 15.7 Å². The van der Waals surface area contributed by atoms with Crippen molar-refractivity contribution in [3.63, 3.8) is 0 Å². The Morgan fingerprint density at radius 3 is 2.29 bits per heavy atom.